The van der Waals surface area contributed by atoms with Crippen molar-refractivity contribution in [2.24, 2.45) is 0 Å². The number of hydrogen-bond acceptors (Lipinski definition) is 2. The van der Waals surface area contributed by atoms with Crippen LogP contribution in [0.2, 0.25) is 0 Å². The number of nitrogens with zero attached hydrogens (tertiary/aromatic N) is 1. The summed E-state index contributed by atoms with van der Waals surface area (Å²) in [4.78, 5) is 2.37. The third kappa shape index (κ3) is 6.13. The van der Waals surface area contributed by atoms with Gasteiger partial charge in [-0.1, -0.05) is 83.5 Å². The number of anilines is 5. The molecule has 0 fully saturated rings. The molecule has 0 spiro atoms. The van der Waals surface area contributed by atoms with Crippen LogP contribution in [0.5, 0.6) is 0 Å². The highest BCUT2D eigenvalue weighted by molar-refractivity contribution is 5.80. The van der Waals surface area contributed by atoms with E-state index in [9.17, 15) is 0 Å². The Hall–Kier alpha value is -3.52. The summed E-state index contributed by atoms with van der Waals surface area (Å²) < 4.78 is 0. The number of benzene rings is 4. The second-order valence-electron chi connectivity index (χ2n) is 12.9. The Balaban J connectivity index is 1.82. The number of rotatable bonds is 5. The van der Waals surface area contributed by atoms with Crippen LogP contribution < -0.4 is 10.2 Å². The second kappa shape index (κ2) is 10.3. The summed E-state index contributed by atoms with van der Waals surface area (Å²) in [6.07, 6.45) is 0. The van der Waals surface area contributed by atoms with Crippen molar-refractivity contribution >= 4 is 28.4 Å². The Morgan fingerprint density at radius 2 is 0.921 bits per heavy atom. The highest BCUT2D eigenvalue weighted by Crippen LogP contribution is 2.39. The van der Waals surface area contributed by atoms with Crippen LogP contribution in [-0.4, -0.2) is 0 Å². The predicted molar refractivity (Wildman–Crippen MR) is 167 cm³/mol. The maximum atomic E-state index is 3.74. The van der Waals surface area contributed by atoms with Crippen LogP contribution in [0, 0.1) is 27.7 Å². The first-order valence-electron chi connectivity index (χ1n) is 13.7. The van der Waals surface area contributed by atoms with Crippen LogP contribution in [0.3, 0.4) is 0 Å². The molecule has 0 saturated carbocycles. The quantitative estimate of drug-likeness (QED) is 0.291. The van der Waals surface area contributed by atoms with Crippen molar-refractivity contribution < 1.29 is 0 Å². The molecule has 4 aromatic rings. The number of hydrogen-bond donors (Lipinski definition) is 1. The van der Waals surface area contributed by atoms with Crippen molar-refractivity contribution in [3.05, 3.63) is 112 Å². The lowest BCUT2D eigenvalue weighted by molar-refractivity contribution is 0.590. The van der Waals surface area contributed by atoms with Gasteiger partial charge in [0.2, 0.25) is 0 Å². The van der Waals surface area contributed by atoms with E-state index in [1.54, 1.807) is 0 Å². The molecular formula is C36H44N2. The molecule has 0 aliphatic carbocycles. The molecule has 0 aliphatic heterocycles. The van der Waals surface area contributed by atoms with Gasteiger partial charge in [-0.2, -0.15) is 0 Å². The SMILES string of the molecule is Cc1cc(Nc2c(C)cc(C)cc2C)cc(N(c2ccc(C(C)(C)C)cc2)c2ccc(C(C)(C)C)cc2)c1. The van der Waals surface area contributed by atoms with Crippen molar-refractivity contribution in [2.45, 2.75) is 80.1 Å². The average molecular weight is 505 g/mol. The van der Waals surface area contributed by atoms with E-state index in [-0.39, 0.29) is 10.8 Å². The summed E-state index contributed by atoms with van der Waals surface area (Å²) >= 11 is 0. The molecule has 38 heavy (non-hydrogen) atoms. The van der Waals surface area contributed by atoms with Gasteiger partial charge in [0.25, 0.3) is 0 Å². The molecule has 2 heteroatoms. The van der Waals surface area contributed by atoms with Gasteiger partial charge in [0.1, 0.15) is 0 Å². The maximum Gasteiger partial charge on any atom is 0.0484 e. The first kappa shape index (κ1) is 27.5. The van der Waals surface area contributed by atoms with Gasteiger partial charge in [-0.3, -0.25) is 0 Å². The minimum absolute atomic E-state index is 0.113. The fourth-order valence-corrected chi connectivity index (χ4v) is 5.15. The molecule has 1 N–H and O–H groups in total. The van der Waals surface area contributed by atoms with Crippen LogP contribution in [0.4, 0.5) is 28.4 Å². The van der Waals surface area contributed by atoms with Gasteiger partial charge in [0.15, 0.2) is 0 Å². The molecule has 0 saturated heterocycles. The van der Waals surface area contributed by atoms with Crippen LogP contribution in [0.25, 0.3) is 0 Å². The minimum Gasteiger partial charge on any atom is -0.355 e. The molecule has 0 radical (unpaired) electrons. The summed E-state index contributed by atoms with van der Waals surface area (Å²) in [5.74, 6) is 0. The molecule has 0 heterocycles. The Bertz CT molecular complexity index is 1330. The van der Waals surface area contributed by atoms with E-state index >= 15 is 0 Å². The van der Waals surface area contributed by atoms with E-state index < -0.39 is 0 Å². The predicted octanol–water partition coefficient (Wildman–Crippen LogP) is 10.7. The van der Waals surface area contributed by atoms with Gasteiger partial charge in [0.05, 0.1) is 0 Å². The lowest BCUT2D eigenvalue weighted by Crippen LogP contribution is -2.14. The maximum absolute atomic E-state index is 3.74. The topological polar surface area (TPSA) is 15.3 Å². The molecule has 0 atom stereocenters. The summed E-state index contributed by atoms with van der Waals surface area (Å²) in [5, 5.41) is 3.74. The molecule has 4 aromatic carbocycles. The van der Waals surface area contributed by atoms with E-state index in [0.717, 1.165) is 22.7 Å². The first-order chi connectivity index (χ1) is 17.7. The van der Waals surface area contributed by atoms with Crippen molar-refractivity contribution in [3.8, 4) is 0 Å². The Kier molecular flexibility index (Phi) is 7.48. The van der Waals surface area contributed by atoms with Crippen molar-refractivity contribution in [1.82, 2.24) is 0 Å². The van der Waals surface area contributed by atoms with Crippen LogP contribution >= 0.6 is 0 Å². The van der Waals surface area contributed by atoms with Crippen molar-refractivity contribution in [1.29, 1.82) is 0 Å². The van der Waals surface area contributed by atoms with E-state index in [2.05, 4.69) is 158 Å². The van der Waals surface area contributed by atoms with Crippen molar-refractivity contribution in [3.63, 3.8) is 0 Å². The summed E-state index contributed by atoms with van der Waals surface area (Å²) in [5.41, 5.74) is 13.7. The zero-order chi connectivity index (χ0) is 27.8. The molecule has 4 rings (SSSR count). The smallest absolute Gasteiger partial charge is 0.0484 e. The van der Waals surface area contributed by atoms with E-state index in [0.29, 0.717) is 0 Å². The molecule has 0 aliphatic rings. The van der Waals surface area contributed by atoms with Crippen molar-refractivity contribution in [2.75, 3.05) is 10.2 Å². The standard InChI is InChI=1S/C36H44N2/c1-24-19-26(3)34(27(4)20-24)37-30-21-25(2)22-33(23-30)38(31-15-11-28(12-16-31)35(5,6)7)32-17-13-29(14-18-32)36(8,9)10/h11-23,37H,1-10H3. The summed E-state index contributed by atoms with van der Waals surface area (Å²) in [7, 11) is 0. The largest absolute Gasteiger partial charge is 0.355 e. The molecule has 2 nitrogen and oxygen atoms in total. The minimum atomic E-state index is 0.113. The third-order valence-electron chi connectivity index (χ3n) is 7.25. The van der Waals surface area contributed by atoms with Gasteiger partial charge in [-0.05, 0) is 109 Å². The monoisotopic (exact) mass is 504 g/mol. The third-order valence-corrected chi connectivity index (χ3v) is 7.25. The molecule has 198 valence electrons. The zero-order valence-corrected chi connectivity index (χ0v) is 25.0. The summed E-state index contributed by atoms with van der Waals surface area (Å²) in [6, 6.07) is 29.3. The number of aryl methyl sites for hydroxylation is 4. The van der Waals surface area contributed by atoms with Gasteiger partial charge in [-0.15, -0.1) is 0 Å². The lowest BCUT2D eigenvalue weighted by atomic mass is 9.86. The molecule has 0 unspecified atom stereocenters. The Morgan fingerprint density at radius 3 is 1.34 bits per heavy atom. The van der Waals surface area contributed by atoms with E-state index in [1.165, 1.54) is 39.1 Å². The Morgan fingerprint density at radius 1 is 0.500 bits per heavy atom. The number of nitrogens with one attached hydrogen (secondary N) is 1. The first-order valence-corrected chi connectivity index (χ1v) is 13.7. The molecule has 0 bridgehead atoms. The zero-order valence-electron chi connectivity index (χ0n) is 25.0. The van der Waals surface area contributed by atoms with Gasteiger partial charge in [-0.25, -0.2) is 0 Å². The van der Waals surface area contributed by atoms with Gasteiger partial charge < -0.3 is 10.2 Å². The average Bonchev–Trinajstić information content (AvgIpc) is 2.81. The van der Waals surface area contributed by atoms with Gasteiger partial charge >= 0.3 is 0 Å². The fraction of sp³-hybridized carbons (Fsp3) is 0.333. The van der Waals surface area contributed by atoms with Crippen LogP contribution in [-0.2, 0) is 10.8 Å². The fourth-order valence-electron chi connectivity index (χ4n) is 5.15. The second-order valence-corrected chi connectivity index (χ2v) is 12.9. The normalized spacial score (nSPS) is 11.9. The lowest BCUT2D eigenvalue weighted by Gasteiger charge is -2.29. The van der Waals surface area contributed by atoms with E-state index in [4.69, 9.17) is 0 Å². The molecule has 0 amide bonds. The van der Waals surface area contributed by atoms with Crippen LogP contribution in [0.1, 0.15) is 74.9 Å². The molecule has 0 aromatic heterocycles. The highest BCUT2D eigenvalue weighted by Gasteiger charge is 2.19. The summed E-state index contributed by atoms with van der Waals surface area (Å²) in [6.45, 7) is 22.3. The van der Waals surface area contributed by atoms with Gasteiger partial charge in [0, 0.05) is 28.4 Å². The van der Waals surface area contributed by atoms with Crippen LogP contribution in [0.15, 0.2) is 78.9 Å². The Labute approximate surface area is 230 Å². The van der Waals surface area contributed by atoms with E-state index in [1.807, 2.05) is 0 Å². The highest BCUT2D eigenvalue weighted by atomic mass is 15.1. The molecular weight excluding hydrogens is 460 g/mol.